The number of piperidine rings is 1. The lowest BCUT2D eigenvalue weighted by Crippen LogP contribution is -2.45. The first-order valence-electron chi connectivity index (χ1n) is 8.90. The molecule has 5 nitrogen and oxygen atoms in total. The lowest BCUT2D eigenvalue weighted by Gasteiger charge is -2.32. The normalized spacial score (nSPS) is 18.0. The second-order valence-electron chi connectivity index (χ2n) is 6.73. The molecule has 1 aliphatic rings. The molecule has 7 heteroatoms. The summed E-state index contributed by atoms with van der Waals surface area (Å²) in [6, 6.07) is 8.49. The number of benzene rings is 1. The molecule has 142 valence electrons. The molecule has 3 rings (SSSR count). The van der Waals surface area contributed by atoms with Crippen LogP contribution in [-0.2, 0) is 4.79 Å². The Morgan fingerprint density at radius 3 is 2.63 bits per heavy atom. The average Bonchev–Trinajstić information content (AvgIpc) is 2.70. The van der Waals surface area contributed by atoms with Crippen LogP contribution >= 0.6 is 23.2 Å². The Morgan fingerprint density at radius 1 is 1.19 bits per heavy atom. The smallest absolute Gasteiger partial charge is 0.253 e. The first kappa shape index (κ1) is 19.6. The molecule has 1 aliphatic heterocycles. The van der Waals surface area contributed by atoms with Crippen molar-refractivity contribution in [1.82, 2.24) is 15.2 Å². The standard InChI is InChI=1S/C20H21Cl2N3O2/c1-13(14-6-8-23-9-7-14)24-19(26)16-3-2-10-25(12-16)20(27)15-4-5-17(21)18(22)11-15/h4-9,11,13,16H,2-3,10,12H2,1H3,(H,24,26)/t13-,16-/m0/s1. The van der Waals surface area contributed by atoms with E-state index in [0.29, 0.717) is 28.7 Å². The number of aromatic nitrogens is 1. The number of likely N-dealkylation sites (tertiary alicyclic amines) is 1. The minimum atomic E-state index is -0.227. The Bertz CT molecular complexity index is 829. The summed E-state index contributed by atoms with van der Waals surface area (Å²) in [6.45, 7) is 2.96. The molecule has 0 saturated carbocycles. The fourth-order valence-corrected chi connectivity index (χ4v) is 3.55. The van der Waals surface area contributed by atoms with Crippen molar-refractivity contribution >= 4 is 35.0 Å². The van der Waals surface area contributed by atoms with E-state index in [1.807, 2.05) is 19.1 Å². The van der Waals surface area contributed by atoms with Gasteiger partial charge in [0.1, 0.15) is 0 Å². The van der Waals surface area contributed by atoms with E-state index in [1.54, 1.807) is 35.5 Å². The first-order chi connectivity index (χ1) is 13.0. The number of halogens is 2. The van der Waals surface area contributed by atoms with Gasteiger partial charge in [-0.3, -0.25) is 14.6 Å². The Morgan fingerprint density at radius 2 is 1.93 bits per heavy atom. The van der Waals surface area contributed by atoms with Crippen LogP contribution in [0.1, 0.15) is 41.7 Å². The van der Waals surface area contributed by atoms with Crippen LogP contribution in [0.15, 0.2) is 42.7 Å². The lowest BCUT2D eigenvalue weighted by molar-refractivity contribution is -0.127. The van der Waals surface area contributed by atoms with Gasteiger partial charge in [-0.2, -0.15) is 0 Å². The van der Waals surface area contributed by atoms with Gasteiger partial charge in [0.25, 0.3) is 5.91 Å². The van der Waals surface area contributed by atoms with Crippen molar-refractivity contribution < 1.29 is 9.59 Å². The maximum absolute atomic E-state index is 12.8. The molecule has 1 aromatic heterocycles. The minimum Gasteiger partial charge on any atom is -0.349 e. The Kier molecular flexibility index (Phi) is 6.34. The van der Waals surface area contributed by atoms with E-state index in [2.05, 4.69) is 10.3 Å². The van der Waals surface area contributed by atoms with E-state index < -0.39 is 0 Å². The van der Waals surface area contributed by atoms with Crippen molar-refractivity contribution in [2.75, 3.05) is 13.1 Å². The van der Waals surface area contributed by atoms with Crippen LogP contribution in [0, 0.1) is 5.92 Å². The molecule has 0 radical (unpaired) electrons. The molecule has 2 aromatic rings. The van der Waals surface area contributed by atoms with Crippen molar-refractivity contribution in [2.45, 2.75) is 25.8 Å². The van der Waals surface area contributed by atoms with Crippen molar-refractivity contribution in [3.05, 3.63) is 63.9 Å². The van der Waals surface area contributed by atoms with E-state index >= 15 is 0 Å². The summed E-state index contributed by atoms with van der Waals surface area (Å²) in [5.41, 5.74) is 1.48. The summed E-state index contributed by atoms with van der Waals surface area (Å²) in [4.78, 5) is 31.1. The Labute approximate surface area is 168 Å². The molecule has 27 heavy (non-hydrogen) atoms. The summed E-state index contributed by atoms with van der Waals surface area (Å²) in [5.74, 6) is -0.394. The molecule has 2 amide bonds. The van der Waals surface area contributed by atoms with E-state index in [-0.39, 0.29) is 23.8 Å². The molecule has 1 aromatic carbocycles. The molecular weight excluding hydrogens is 385 g/mol. The van der Waals surface area contributed by atoms with Gasteiger partial charge in [-0.05, 0) is 55.7 Å². The maximum atomic E-state index is 12.8. The molecule has 0 bridgehead atoms. The number of nitrogens with one attached hydrogen (secondary N) is 1. The van der Waals surface area contributed by atoms with Gasteiger partial charge >= 0.3 is 0 Å². The fourth-order valence-electron chi connectivity index (χ4n) is 3.25. The number of hydrogen-bond donors (Lipinski definition) is 1. The summed E-state index contributed by atoms with van der Waals surface area (Å²) < 4.78 is 0. The van der Waals surface area contributed by atoms with E-state index in [1.165, 1.54) is 0 Å². The monoisotopic (exact) mass is 405 g/mol. The third-order valence-corrected chi connectivity index (χ3v) is 5.55. The van der Waals surface area contributed by atoms with Crippen LogP contribution in [-0.4, -0.2) is 34.8 Å². The molecular formula is C20H21Cl2N3O2. The number of amides is 2. The number of pyridine rings is 1. The first-order valence-corrected chi connectivity index (χ1v) is 9.66. The molecule has 0 unspecified atom stereocenters. The SMILES string of the molecule is C[C@H](NC(=O)[C@H]1CCCN(C(=O)c2ccc(Cl)c(Cl)c2)C1)c1ccncc1. The zero-order valence-electron chi connectivity index (χ0n) is 15.0. The maximum Gasteiger partial charge on any atom is 0.253 e. The zero-order valence-corrected chi connectivity index (χ0v) is 16.5. The van der Waals surface area contributed by atoms with Gasteiger partial charge in [-0.25, -0.2) is 0 Å². The van der Waals surface area contributed by atoms with E-state index in [0.717, 1.165) is 18.4 Å². The summed E-state index contributed by atoms with van der Waals surface area (Å²) in [7, 11) is 0. The van der Waals surface area contributed by atoms with Crippen LogP contribution < -0.4 is 5.32 Å². The summed E-state index contributed by atoms with van der Waals surface area (Å²) in [5, 5.41) is 3.80. The third kappa shape index (κ3) is 4.79. The summed E-state index contributed by atoms with van der Waals surface area (Å²) >= 11 is 11.9. The molecule has 0 aliphatic carbocycles. The minimum absolute atomic E-state index is 0.0362. The van der Waals surface area contributed by atoms with Gasteiger partial charge in [0, 0.05) is 31.0 Å². The highest BCUT2D eigenvalue weighted by Crippen LogP contribution is 2.25. The number of carbonyl (C=O) groups excluding carboxylic acids is 2. The number of nitrogens with zero attached hydrogens (tertiary/aromatic N) is 2. The van der Waals surface area contributed by atoms with E-state index in [9.17, 15) is 9.59 Å². The molecule has 0 spiro atoms. The summed E-state index contributed by atoms with van der Waals surface area (Å²) in [6.07, 6.45) is 4.96. The lowest BCUT2D eigenvalue weighted by atomic mass is 9.95. The second-order valence-corrected chi connectivity index (χ2v) is 7.54. The van der Waals surface area contributed by atoms with E-state index in [4.69, 9.17) is 23.2 Å². The molecule has 2 heterocycles. The van der Waals surface area contributed by atoms with Gasteiger partial charge in [0.05, 0.1) is 22.0 Å². The van der Waals surface area contributed by atoms with Crippen molar-refractivity contribution in [3.8, 4) is 0 Å². The average molecular weight is 406 g/mol. The highest BCUT2D eigenvalue weighted by Gasteiger charge is 2.29. The number of rotatable bonds is 4. The quantitative estimate of drug-likeness (QED) is 0.831. The van der Waals surface area contributed by atoms with Gasteiger partial charge < -0.3 is 10.2 Å². The predicted octanol–water partition coefficient (Wildman–Crippen LogP) is 4.12. The molecule has 2 atom stereocenters. The predicted molar refractivity (Wildman–Crippen MR) is 106 cm³/mol. The van der Waals surface area contributed by atoms with Crippen molar-refractivity contribution in [1.29, 1.82) is 0 Å². The zero-order chi connectivity index (χ0) is 19.4. The number of carbonyl (C=O) groups is 2. The van der Waals surface area contributed by atoms with Gasteiger partial charge in [-0.1, -0.05) is 23.2 Å². The topological polar surface area (TPSA) is 62.3 Å². The van der Waals surface area contributed by atoms with Crippen molar-refractivity contribution in [3.63, 3.8) is 0 Å². The van der Waals surface area contributed by atoms with Crippen LogP contribution in [0.25, 0.3) is 0 Å². The van der Waals surface area contributed by atoms with Gasteiger partial charge in [0.2, 0.25) is 5.91 Å². The fraction of sp³-hybridized carbons (Fsp3) is 0.350. The highest BCUT2D eigenvalue weighted by molar-refractivity contribution is 6.42. The van der Waals surface area contributed by atoms with Crippen molar-refractivity contribution in [2.24, 2.45) is 5.92 Å². The Balaban J connectivity index is 1.63. The van der Waals surface area contributed by atoms with Crippen LogP contribution in [0.4, 0.5) is 0 Å². The van der Waals surface area contributed by atoms with Crippen LogP contribution in [0.2, 0.25) is 10.0 Å². The van der Waals surface area contributed by atoms with Crippen LogP contribution in [0.5, 0.6) is 0 Å². The molecule has 1 N–H and O–H groups in total. The highest BCUT2D eigenvalue weighted by atomic mass is 35.5. The van der Waals surface area contributed by atoms with Gasteiger partial charge in [0.15, 0.2) is 0 Å². The van der Waals surface area contributed by atoms with Gasteiger partial charge in [-0.15, -0.1) is 0 Å². The second kappa shape index (κ2) is 8.72. The third-order valence-electron chi connectivity index (χ3n) is 4.81. The largest absolute Gasteiger partial charge is 0.349 e. The molecule has 1 fully saturated rings. The number of hydrogen-bond acceptors (Lipinski definition) is 3. The Hall–Kier alpha value is -2.11. The van der Waals surface area contributed by atoms with Crippen LogP contribution in [0.3, 0.4) is 0 Å². The molecule has 1 saturated heterocycles.